The molecule has 3 nitrogen and oxygen atoms in total. The number of phenolic OH excluding ortho intramolecular Hbond substituents is 1. The van der Waals surface area contributed by atoms with E-state index in [1.165, 1.54) is 30.5 Å². The molecule has 0 radical (unpaired) electrons. The molecule has 0 aliphatic rings. The first kappa shape index (κ1) is 19.0. The lowest BCUT2D eigenvalue weighted by atomic mass is 9.99. The Morgan fingerprint density at radius 2 is 1.72 bits per heavy atom. The fraction of sp³-hybridized carbons (Fsp3) is 0.381. The number of carbonyl (C=O) groups excluding carboxylic acids is 1. The lowest BCUT2D eigenvalue weighted by molar-refractivity contribution is 0.0989. The fourth-order valence-electron chi connectivity index (χ4n) is 2.72. The van der Waals surface area contributed by atoms with Gasteiger partial charge in [0.15, 0.2) is 17.3 Å². The van der Waals surface area contributed by atoms with Gasteiger partial charge in [-0.2, -0.15) is 4.39 Å². The number of aromatic hydroxyl groups is 1. The van der Waals surface area contributed by atoms with E-state index in [1.807, 2.05) is 24.3 Å². The van der Waals surface area contributed by atoms with Crippen molar-refractivity contribution in [1.82, 2.24) is 0 Å². The van der Waals surface area contributed by atoms with E-state index >= 15 is 0 Å². The Kier molecular flexibility index (Phi) is 6.99. The summed E-state index contributed by atoms with van der Waals surface area (Å²) in [5.74, 6) is -1.91. The van der Waals surface area contributed by atoms with Crippen LogP contribution in [0, 0.1) is 5.82 Å². The predicted octanol–water partition coefficient (Wildman–Crippen LogP) is 5.09. The van der Waals surface area contributed by atoms with E-state index in [0.29, 0.717) is 0 Å². The van der Waals surface area contributed by atoms with E-state index in [0.717, 1.165) is 18.4 Å². The van der Waals surface area contributed by atoms with Gasteiger partial charge < -0.3 is 9.84 Å². The first-order chi connectivity index (χ1) is 12.1. The Hall–Kier alpha value is -2.36. The molecule has 0 aromatic heterocycles. The molecule has 2 aromatic carbocycles. The minimum Gasteiger partial charge on any atom is -0.504 e. The van der Waals surface area contributed by atoms with Crippen LogP contribution in [0.15, 0.2) is 36.4 Å². The van der Waals surface area contributed by atoms with Gasteiger partial charge in [0.1, 0.15) is 0 Å². The van der Waals surface area contributed by atoms with Crippen LogP contribution < -0.4 is 4.74 Å². The SMILES string of the molecule is CCCCCc1ccc(CC(=O)c2ccc(OCC)c(F)c2O)cc1. The molecule has 0 heterocycles. The van der Waals surface area contributed by atoms with Crippen LogP contribution in [0.1, 0.15) is 54.6 Å². The van der Waals surface area contributed by atoms with E-state index in [4.69, 9.17) is 4.74 Å². The highest BCUT2D eigenvalue weighted by Crippen LogP contribution is 2.30. The van der Waals surface area contributed by atoms with Crippen LogP contribution in [0.2, 0.25) is 0 Å². The second-order valence-corrected chi connectivity index (χ2v) is 6.08. The molecule has 0 saturated carbocycles. The minimum absolute atomic E-state index is 0.0204. The number of aryl methyl sites for hydroxylation is 1. The first-order valence-corrected chi connectivity index (χ1v) is 8.82. The van der Waals surface area contributed by atoms with E-state index in [9.17, 15) is 14.3 Å². The molecular weight excluding hydrogens is 319 g/mol. The zero-order valence-corrected chi connectivity index (χ0v) is 14.8. The maximum Gasteiger partial charge on any atom is 0.207 e. The molecular formula is C21H25FO3. The van der Waals surface area contributed by atoms with Crippen LogP contribution in [0.5, 0.6) is 11.5 Å². The number of Topliss-reactive ketones (excluding diaryl/α,β-unsaturated/α-hetero) is 1. The number of rotatable bonds is 9. The number of ketones is 1. The summed E-state index contributed by atoms with van der Waals surface area (Å²) < 4.78 is 19.1. The van der Waals surface area contributed by atoms with Crippen molar-refractivity contribution < 1.29 is 19.0 Å². The topological polar surface area (TPSA) is 46.5 Å². The van der Waals surface area contributed by atoms with Crippen molar-refractivity contribution in [2.75, 3.05) is 6.61 Å². The minimum atomic E-state index is -0.890. The maximum absolute atomic E-state index is 14.0. The van der Waals surface area contributed by atoms with Crippen molar-refractivity contribution in [3.63, 3.8) is 0 Å². The second-order valence-electron chi connectivity index (χ2n) is 6.08. The van der Waals surface area contributed by atoms with E-state index in [1.54, 1.807) is 6.92 Å². The molecule has 0 saturated heterocycles. The number of phenols is 1. The number of hydrogen-bond donors (Lipinski definition) is 1. The Labute approximate surface area is 148 Å². The fourth-order valence-corrected chi connectivity index (χ4v) is 2.72. The highest BCUT2D eigenvalue weighted by molar-refractivity contribution is 6.00. The molecule has 25 heavy (non-hydrogen) atoms. The van der Waals surface area contributed by atoms with Gasteiger partial charge in [-0.05, 0) is 43.0 Å². The summed E-state index contributed by atoms with van der Waals surface area (Å²) in [6, 6.07) is 10.7. The van der Waals surface area contributed by atoms with Gasteiger partial charge in [0.25, 0.3) is 0 Å². The van der Waals surface area contributed by atoms with E-state index in [2.05, 4.69) is 6.92 Å². The van der Waals surface area contributed by atoms with Crippen molar-refractivity contribution in [1.29, 1.82) is 0 Å². The Morgan fingerprint density at radius 3 is 2.36 bits per heavy atom. The summed E-state index contributed by atoms with van der Waals surface area (Å²) in [5.41, 5.74) is 2.07. The van der Waals surface area contributed by atoms with E-state index in [-0.39, 0.29) is 30.1 Å². The van der Waals surface area contributed by atoms with Crippen LogP contribution in [0.4, 0.5) is 4.39 Å². The van der Waals surface area contributed by atoms with Crippen molar-refractivity contribution in [3.05, 3.63) is 58.9 Å². The van der Waals surface area contributed by atoms with Crippen LogP contribution in [0.25, 0.3) is 0 Å². The van der Waals surface area contributed by atoms with Crippen LogP contribution in [-0.2, 0) is 12.8 Å². The number of hydrogen-bond acceptors (Lipinski definition) is 3. The molecule has 0 aliphatic carbocycles. The zero-order valence-electron chi connectivity index (χ0n) is 14.8. The quantitative estimate of drug-likeness (QED) is 0.509. The number of carbonyl (C=O) groups is 1. The summed E-state index contributed by atoms with van der Waals surface area (Å²) in [6.45, 7) is 4.18. The largest absolute Gasteiger partial charge is 0.504 e. The predicted molar refractivity (Wildman–Crippen MR) is 96.9 cm³/mol. The van der Waals surface area contributed by atoms with Crippen LogP contribution in [0.3, 0.4) is 0 Å². The summed E-state index contributed by atoms with van der Waals surface area (Å²) in [6.07, 6.45) is 4.72. The first-order valence-electron chi connectivity index (χ1n) is 8.82. The monoisotopic (exact) mass is 344 g/mol. The number of unbranched alkanes of at least 4 members (excludes halogenated alkanes) is 2. The summed E-state index contributed by atoms with van der Waals surface area (Å²) in [4.78, 5) is 12.4. The average molecular weight is 344 g/mol. The van der Waals surface area contributed by atoms with Crippen molar-refractivity contribution >= 4 is 5.78 Å². The smallest absolute Gasteiger partial charge is 0.207 e. The molecule has 0 bridgehead atoms. The molecule has 4 heteroatoms. The van der Waals surface area contributed by atoms with Gasteiger partial charge in [0.05, 0.1) is 12.2 Å². The van der Waals surface area contributed by atoms with Gasteiger partial charge in [-0.15, -0.1) is 0 Å². The summed E-state index contributed by atoms with van der Waals surface area (Å²) >= 11 is 0. The highest BCUT2D eigenvalue weighted by atomic mass is 19.1. The molecule has 0 aliphatic heterocycles. The molecule has 2 rings (SSSR count). The van der Waals surface area contributed by atoms with Gasteiger partial charge in [-0.3, -0.25) is 4.79 Å². The normalized spacial score (nSPS) is 10.7. The van der Waals surface area contributed by atoms with Gasteiger partial charge >= 0.3 is 0 Å². The third-order valence-corrected chi connectivity index (χ3v) is 4.14. The third-order valence-electron chi connectivity index (χ3n) is 4.14. The molecule has 134 valence electrons. The molecule has 0 spiro atoms. The van der Waals surface area contributed by atoms with Crippen molar-refractivity contribution in [3.8, 4) is 11.5 Å². The number of halogens is 1. The van der Waals surface area contributed by atoms with Crippen molar-refractivity contribution in [2.24, 2.45) is 0 Å². The molecule has 0 fully saturated rings. The van der Waals surface area contributed by atoms with Gasteiger partial charge in [0.2, 0.25) is 5.82 Å². The third kappa shape index (κ3) is 5.05. The molecule has 0 atom stereocenters. The number of benzene rings is 2. The van der Waals surface area contributed by atoms with Gasteiger partial charge in [-0.25, -0.2) is 0 Å². The van der Waals surface area contributed by atoms with Crippen LogP contribution in [-0.4, -0.2) is 17.5 Å². The Morgan fingerprint density at radius 1 is 1.04 bits per heavy atom. The van der Waals surface area contributed by atoms with Gasteiger partial charge in [-0.1, -0.05) is 44.0 Å². The lowest BCUT2D eigenvalue weighted by Crippen LogP contribution is -2.06. The van der Waals surface area contributed by atoms with Crippen molar-refractivity contribution in [2.45, 2.75) is 46.0 Å². The Bertz CT molecular complexity index is 708. The molecule has 0 unspecified atom stereocenters. The molecule has 1 N–H and O–H groups in total. The molecule has 2 aromatic rings. The summed E-state index contributed by atoms with van der Waals surface area (Å²) in [5, 5.41) is 9.94. The number of ether oxygens (including phenoxy) is 1. The lowest BCUT2D eigenvalue weighted by Gasteiger charge is -2.09. The Balaban J connectivity index is 2.05. The standard InChI is InChI=1S/C21H25FO3/c1-3-5-6-7-15-8-10-16(11-9-15)14-18(23)17-12-13-19(25-4-2)20(22)21(17)24/h8-13,24H,3-7,14H2,1-2H3. The highest BCUT2D eigenvalue weighted by Gasteiger charge is 2.18. The van der Waals surface area contributed by atoms with Gasteiger partial charge in [0, 0.05) is 6.42 Å². The molecule has 0 amide bonds. The second kappa shape index (κ2) is 9.21. The van der Waals surface area contributed by atoms with E-state index < -0.39 is 11.6 Å². The summed E-state index contributed by atoms with van der Waals surface area (Å²) in [7, 11) is 0. The maximum atomic E-state index is 14.0. The zero-order chi connectivity index (χ0) is 18.2. The van der Waals surface area contributed by atoms with Crippen LogP contribution >= 0.6 is 0 Å². The average Bonchev–Trinajstić information content (AvgIpc) is 2.61.